The van der Waals surface area contributed by atoms with Crippen molar-refractivity contribution in [1.82, 2.24) is 0 Å². The van der Waals surface area contributed by atoms with Gasteiger partial charge in [0.2, 0.25) is 0 Å². The van der Waals surface area contributed by atoms with Crippen LogP contribution in [0.5, 0.6) is 11.5 Å². The number of aliphatic hydroxyl groups is 1. The largest absolute Gasteiger partial charge is 0.491 e. The molecule has 4 unspecified atom stereocenters. The van der Waals surface area contributed by atoms with E-state index < -0.39 is 11.5 Å². The smallest absolute Gasteiger partial charge is 0.312 e. The molecule has 0 heterocycles. The number of carbonyl (C=O) groups is 2. The first kappa shape index (κ1) is 26.9. The molecular formula is C24H38O7. The molecule has 0 aliphatic heterocycles. The number of rotatable bonds is 11. The van der Waals surface area contributed by atoms with Gasteiger partial charge in [-0.25, -0.2) is 0 Å². The highest BCUT2D eigenvalue weighted by Crippen LogP contribution is 2.59. The van der Waals surface area contributed by atoms with Crippen LogP contribution in [0.2, 0.25) is 0 Å². The monoisotopic (exact) mass is 438 g/mol. The van der Waals surface area contributed by atoms with Crippen LogP contribution >= 0.6 is 0 Å². The molecule has 0 radical (unpaired) electrons. The summed E-state index contributed by atoms with van der Waals surface area (Å²) in [6.45, 7) is 14.8. The van der Waals surface area contributed by atoms with Crippen LogP contribution in [0.3, 0.4) is 0 Å². The van der Waals surface area contributed by atoms with Gasteiger partial charge in [-0.2, -0.15) is 0 Å². The lowest BCUT2D eigenvalue weighted by Crippen LogP contribution is -2.31. The van der Waals surface area contributed by atoms with Crippen molar-refractivity contribution in [3.63, 3.8) is 0 Å². The molecule has 1 aliphatic carbocycles. The lowest BCUT2D eigenvalue weighted by atomic mass is 9.81. The standard InChI is InChI=1S/C23H36O6.CH2O/c1-7-26-17(3)29-20-10-8-19(9-11-20)27-13-18(24)14-28-21(25)23(12-16(23)2)15-22(4,5)6;1-2/h8-11,16-18,24H,7,12-15H2,1-6H3;1H2. The Bertz CT molecular complexity index is 668. The Labute approximate surface area is 186 Å². The van der Waals surface area contributed by atoms with E-state index in [2.05, 4.69) is 27.7 Å². The lowest BCUT2D eigenvalue weighted by molar-refractivity contribution is -0.155. The topological polar surface area (TPSA) is 91.3 Å². The van der Waals surface area contributed by atoms with Gasteiger partial charge in [0.25, 0.3) is 0 Å². The minimum atomic E-state index is -0.881. The zero-order valence-corrected chi connectivity index (χ0v) is 19.7. The number of benzene rings is 1. The molecule has 0 bridgehead atoms. The van der Waals surface area contributed by atoms with Gasteiger partial charge in [-0.05, 0) is 62.3 Å². The van der Waals surface area contributed by atoms with Crippen LogP contribution in [0.25, 0.3) is 0 Å². The molecule has 1 fully saturated rings. The van der Waals surface area contributed by atoms with Gasteiger partial charge in [-0.1, -0.05) is 27.7 Å². The summed E-state index contributed by atoms with van der Waals surface area (Å²) in [5.74, 6) is 1.40. The van der Waals surface area contributed by atoms with E-state index in [1.807, 2.05) is 20.6 Å². The highest BCUT2D eigenvalue weighted by molar-refractivity contribution is 5.80. The molecule has 31 heavy (non-hydrogen) atoms. The van der Waals surface area contributed by atoms with Crippen molar-refractivity contribution >= 4 is 12.8 Å². The molecule has 0 spiro atoms. The fraction of sp³-hybridized carbons (Fsp3) is 0.667. The zero-order valence-electron chi connectivity index (χ0n) is 19.7. The van der Waals surface area contributed by atoms with E-state index in [0.29, 0.717) is 24.0 Å². The van der Waals surface area contributed by atoms with Gasteiger partial charge < -0.3 is 28.8 Å². The molecule has 176 valence electrons. The second-order valence-corrected chi connectivity index (χ2v) is 9.17. The first-order chi connectivity index (χ1) is 14.6. The van der Waals surface area contributed by atoms with Crippen LogP contribution in [-0.4, -0.2) is 50.1 Å². The molecule has 2 rings (SSSR count). The maximum absolute atomic E-state index is 12.6. The molecule has 1 aliphatic rings. The van der Waals surface area contributed by atoms with Gasteiger partial charge in [0.15, 0.2) is 6.29 Å². The molecule has 7 nitrogen and oxygen atoms in total. The van der Waals surface area contributed by atoms with Crippen molar-refractivity contribution in [2.24, 2.45) is 16.7 Å². The Morgan fingerprint density at radius 1 is 1.19 bits per heavy atom. The predicted molar refractivity (Wildman–Crippen MR) is 118 cm³/mol. The average Bonchev–Trinajstić information content (AvgIpc) is 3.35. The van der Waals surface area contributed by atoms with Crippen LogP contribution < -0.4 is 9.47 Å². The van der Waals surface area contributed by atoms with E-state index in [1.165, 1.54) is 0 Å². The second kappa shape index (κ2) is 12.1. The first-order valence-corrected chi connectivity index (χ1v) is 10.7. The van der Waals surface area contributed by atoms with Crippen molar-refractivity contribution in [2.75, 3.05) is 19.8 Å². The van der Waals surface area contributed by atoms with Crippen molar-refractivity contribution in [2.45, 2.75) is 66.8 Å². The van der Waals surface area contributed by atoms with Crippen LogP contribution in [0, 0.1) is 16.7 Å². The number of ether oxygens (including phenoxy) is 4. The number of hydrogen-bond acceptors (Lipinski definition) is 7. The summed E-state index contributed by atoms with van der Waals surface area (Å²) in [5, 5.41) is 10.1. The van der Waals surface area contributed by atoms with E-state index in [0.717, 1.165) is 12.8 Å². The number of hydrogen-bond donors (Lipinski definition) is 1. The summed E-state index contributed by atoms with van der Waals surface area (Å²) in [5.41, 5.74) is -0.338. The van der Waals surface area contributed by atoms with Gasteiger partial charge in [-0.15, -0.1) is 0 Å². The Morgan fingerprint density at radius 2 is 1.74 bits per heavy atom. The molecule has 1 saturated carbocycles. The van der Waals surface area contributed by atoms with E-state index in [4.69, 9.17) is 23.7 Å². The molecule has 0 saturated heterocycles. The summed E-state index contributed by atoms with van der Waals surface area (Å²) in [6, 6.07) is 7.08. The lowest BCUT2D eigenvalue weighted by Gasteiger charge is -2.25. The fourth-order valence-electron chi connectivity index (χ4n) is 3.67. The van der Waals surface area contributed by atoms with Crippen LogP contribution in [0.4, 0.5) is 0 Å². The Balaban J connectivity index is 0.00000233. The molecule has 1 aromatic carbocycles. The van der Waals surface area contributed by atoms with Crippen LogP contribution in [0.15, 0.2) is 24.3 Å². The summed E-state index contributed by atoms with van der Waals surface area (Å²) < 4.78 is 21.9. The molecule has 4 atom stereocenters. The van der Waals surface area contributed by atoms with Crippen LogP contribution in [0.1, 0.15) is 54.4 Å². The van der Waals surface area contributed by atoms with Crippen LogP contribution in [-0.2, 0) is 19.1 Å². The fourth-order valence-corrected chi connectivity index (χ4v) is 3.67. The molecule has 1 aromatic rings. The predicted octanol–water partition coefficient (Wildman–Crippen LogP) is 4.01. The maximum Gasteiger partial charge on any atom is 0.312 e. The van der Waals surface area contributed by atoms with Gasteiger partial charge in [0.05, 0.1) is 5.41 Å². The molecular weight excluding hydrogens is 400 g/mol. The second-order valence-electron chi connectivity index (χ2n) is 9.17. The van der Waals surface area contributed by atoms with Crippen molar-refractivity contribution in [3.05, 3.63) is 24.3 Å². The van der Waals surface area contributed by atoms with Crippen molar-refractivity contribution < 1.29 is 33.6 Å². The molecule has 0 amide bonds. The third-order valence-corrected chi connectivity index (χ3v) is 5.08. The summed E-state index contributed by atoms with van der Waals surface area (Å²) in [4.78, 5) is 20.6. The van der Waals surface area contributed by atoms with Gasteiger partial charge >= 0.3 is 5.97 Å². The third kappa shape index (κ3) is 8.87. The van der Waals surface area contributed by atoms with E-state index in [9.17, 15) is 9.90 Å². The molecule has 0 aromatic heterocycles. The summed E-state index contributed by atoms with van der Waals surface area (Å²) in [7, 11) is 0. The first-order valence-electron chi connectivity index (χ1n) is 10.7. The Morgan fingerprint density at radius 3 is 2.23 bits per heavy atom. The normalized spacial score (nSPS) is 21.8. The Kier molecular flexibility index (Phi) is 10.5. The molecule has 1 N–H and O–H groups in total. The summed E-state index contributed by atoms with van der Waals surface area (Å²) in [6.07, 6.45) is 0.447. The zero-order chi connectivity index (χ0) is 23.7. The minimum absolute atomic E-state index is 0.0463. The SMILES string of the molecule is C=O.CCOC(C)Oc1ccc(OCC(O)COC(=O)C2(CC(C)(C)C)CC2C)cc1. The highest BCUT2D eigenvalue weighted by Gasteiger charge is 2.59. The van der Waals surface area contributed by atoms with Gasteiger partial charge in [0.1, 0.15) is 37.6 Å². The van der Waals surface area contributed by atoms with Crippen molar-refractivity contribution in [1.29, 1.82) is 0 Å². The van der Waals surface area contributed by atoms with E-state index >= 15 is 0 Å². The van der Waals surface area contributed by atoms with Gasteiger partial charge in [-0.3, -0.25) is 4.79 Å². The quantitative estimate of drug-likeness (QED) is 0.412. The third-order valence-electron chi connectivity index (χ3n) is 5.08. The number of aliphatic hydroxyl groups excluding tert-OH is 1. The maximum atomic E-state index is 12.6. The van der Waals surface area contributed by atoms with E-state index in [-0.39, 0.29) is 30.9 Å². The van der Waals surface area contributed by atoms with E-state index in [1.54, 1.807) is 24.3 Å². The van der Waals surface area contributed by atoms with Gasteiger partial charge in [0, 0.05) is 6.61 Å². The minimum Gasteiger partial charge on any atom is -0.491 e. The molecule has 7 heteroatoms. The average molecular weight is 439 g/mol. The number of esters is 1. The Hall–Kier alpha value is -2.12. The summed E-state index contributed by atoms with van der Waals surface area (Å²) >= 11 is 0. The van der Waals surface area contributed by atoms with Crippen molar-refractivity contribution in [3.8, 4) is 11.5 Å². The number of carbonyl (C=O) groups excluding carboxylic acids is 2. The highest BCUT2D eigenvalue weighted by atomic mass is 16.7.